The number of aryl methyl sites for hydroxylation is 1. The second-order valence-electron chi connectivity index (χ2n) is 6.03. The first-order chi connectivity index (χ1) is 13.3. The third-order valence-electron chi connectivity index (χ3n) is 3.97. The van der Waals surface area contributed by atoms with Crippen LogP contribution in [0.3, 0.4) is 0 Å². The number of anilines is 2. The smallest absolute Gasteiger partial charge is 0.261 e. The Labute approximate surface area is 182 Å². The lowest BCUT2D eigenvalue weighted by molar-refractivity contribution is 0.102. The van der Waals surface area contributed by atoms with Gasteiger partial charge in [-0.15, -0.1) is 0 Å². The number of carbonyl (C=O) groups excluding carboxylic acids is 1. The van der Waals surface area contributed by atoms with Crippen molar-refractivity contribution >= 4 is 61.5 Å². The van der Waals surface area contributed by atoms with Crippen molar-refractivity contribution in [3.05, 3.63) is 86.4 Å². The highest BCUT2D eigenvalue weighted by molar-refractivity contribution is 14.1. The van der Waals surface area contributed by atoms with Crippen molar-refractivity contribution < 1.29 is 13.2 Å². The van der Waals surface area contributed by atoms with Gasteiger partial charge in [0.1, 0.15) is 0 Å². The van der Waals surface area contributed by atoms with Crippen LogP contribution in [0.15, 0.2) is 71.6 Å². The summed E-state index contributed by atoms with van der Waals surface area (Å²) in [6, 6.07) is 18.1. The topological polar surface area (TPSA) is 75.3 Å². The Morgan fingerprint density at radius 3 is 2.29 bits per heavy atom. The number of carbonyl (C=O) groups is 1. The molecule has 1 amide bonds. The average molecular weight is 527 g/mol. The van der Waals surface area contributed by atoms with Crippen LogP contribution in [-0.4, -0.2) is 14.3 Å². The third-order valence-corrected chi connectivity index (χ3v) is 6.33. The SMILES string of the molecule is Cc1cc(I)ccc1NC(=O)c1ccc(NS(=O)(=O)c2ccccc2)c(Cl)c1. The van der Waals surface area contributed by atoms with E-state index in [1.165, 1.54) is 30.3 Å². The van der Waals surface area contributed by atoms with Crippen molar-refractivity contribution in [2.45, 2.75) is 11.8 Å². The van der Waals surface area contributed by atoms with Crippen LogP contribution in [0.25, 0.3) is 0 Å². The summed E-state index contributed by atoms with van der Waals surface area (Å²) in [7, 11) is -3.76. The van der Waals surface area contributed by atoms with E-state index in [4.69, 9.17) is 11.6 Å². The zero-order valence-corrected chi connectivity index (χ0v) is 18.5. The summed E-state index contributed by atoms with van der Waals surface area (Å²) < 4.78 is 28.4. The fourth-order valence-corrected chi connectivity index (χ4v) is 4.54. The summed E-state index contributed by atoms with van der Waals surface area (Å²) in [6.45, 7) is 1.91. The summed E-state index contributed by atoms with van der Waals surface area (Å²) in [6.07, 6.45) is 0. The zero-order valence-electron chi connectivity index (χ0n) is 14.7. The molecule has 0 aliphatic heterocycles. The third kappa shape index (κ3) is 4.84. The van der Waals surface area contributed by atoms with Gasteiger partial charge in [0.15, 0.2) is 0 Å². The molecule has 0 spiro atoms. The van der Waals surface area contributed by atoms with Crippen molar-refractivity contribution in [2.24, 2.45) is 0 Å². The molecule has 3 aromatic rings. The van der Waals surface area contributed by atoms with E-state index in [2.05, 4.69) is 32.6 Å². The Bertz CT molecular complexity index is 1140. The normalized spacial score (nSPS) is 11.1. The summed E-state index contributed by atoms with van der Waals surface area (Å²) >= 11 is 8.42. The molecule has 144 valence electrons. The summed E-state index contributed by atoms with van der Waals surface area (Å²) in [5.41, 5.74) is 2.17. The van der Waals surface area contributed by atoms with E-state index < -0.39 is 10.0 Å². The van der Waals surface area contributed by atoms with Crippen LogP contribution < -0.4 is 10.0 Å². The molecular weight excluding hydrogens is 511 g/mol. The molecular formula is C20H16ClIN2O3S. The maximum Gasteiger partial charge on any atom is 0.261 e. The van der Waals surface area contributed by atoms with Gasteiger partial charge >= 0.3 is 0 Å². The fraction of sp³-hybridized carbons (Fsp3) is 0.0500. The van der Waals surface area contributed by atoms with Crippen LogP contribution in [0.1, 0.15) is 15.9 Å². The lowest BCUT2D eigenvalue weighted by Gasteiger charge is -2.12. The molecule has 0 atom stereocenters. The van der Waals surface area contributed by atoms with Crippen molar-refractivity contribution in [3.8, 4) is 0 Å². The minimum absolute atomic E-state index is 0.127. The van der Waals surface area contributed by atoms with E-state index in [-0.39, 0.29) is 21.5 Å². The second kappa shape index (κ2) is 8.50. The zero-order chi connectivity index (χ0) is 20.3. The molecule has 0 aliphatic rings. The number of benzene rings is 3. The van der Waals surface area contributed by atoms with Gasteiger partial charge in [-0.2, -0.15) is 0 Å². The van der Waals surface area contributed by atoms with E-state index in [1.54, 1.807) is 18.2 Å². The van der Waals surface area contributed by atoms with Crippen molar-refractivity contribution in [2.75, 3.05) is 10.0 Å². The Kier molecular flexibility index (Phi) is 6.26. The maximum atomic E-state index is 12.5. The summed E-state index contributed by atoms with van der Waals surface area (Å²) in [4.78, 5) is 12.6. The van der Waals surface area contributed by atoms with E-state index in [9.17, 15) is 13.2 Å². The minimum atomic E-state index is -3.76. The highest BCUT2D eigenvalue weighted by Gasteiger charge is 2.17. The lowest BCUT2D eigenvalue weighted by Crippen LogP contribution is -2.15. The van der Waals surface area contributed by atoms with Crippen molar-refractivity contribution in [1.29, 1.82) is 0 Å². The fourth-order valence-electron chi connectivity index (χ4n) is 2.50. The first-order valence-electron chi connectivity index (χ1n) is 8.21. The van der Waals surface area contributed by atoms with Gasteiger partial charge in [-0.25, -0.2) is 8.42 Å². The van der Waals surface area contributed by atoms with Crippen LogP contribution in [0.4, 0.5) is 11.4 Å². The molecule has 0 saturated carbocycles. The Hall–Kier alpha value is -2.10. The predicted molar refractivity (Wildman–Crippen MR) is 121 cm³/mol. The quantitative estimate of drug-likeness (QED) is 0.443. The number of amides is 1. The summed E-state index contributed by atoms with van der Waals surface area (Å²) in [5.74, 6) is -0.330. The van der Waals surface area contributed by atoms with Gasteiger partial charge in [-0.05, 0) is 83.6 Å². The number of nitrogens with one attached hydrogen (secondary N) is 2. The Balaban J connectivity index is 1.79. The van der Waals surface area contributed by atoms with Gasteiger partial charge in [-0.3, -0.25) is 9.52 Å². The van der Waals surface area contributed by atoms with Gasteiger partial charge < -0.3 is 5.32 Å². The Morgan fingerprint density at radius 1 is 0.964 bits per heavy atom. The molecule has 3 aromatic carbocycles. The van der Waals surface area contributed by atoms with Crippen LogP contribution in [0.5, 0.6) is 0 Å². The van der Waals surface area contributed by atoms with E-state index in [0.717, 1.165) is 9.13 Å². The number of hydrogen-bond acceptors (Lipinski definition) is 3. The highest BCUT2D eigenvalue weighted by atomic mass is 127. The van der Waals surface area contributed by atoms with Crippen LogP contribution in [0, 0.1) is 10.5 Å². The summed E-state index contributed by atoms with van der Waals surface area (Å²) in [5, 5.41) is 2.97. The van der Waals surface area contributed by atoms with Gasteiger partial charge in [0.2, 0.25) is 0 Å². The number of halogens is 2. The van der Waals surface area contributed by atoms with Crippen LogP contribution in [-0.2, 0) is 10.0 Å². The molecule has 0 radical (unpaired) electrons. The molecule has 0 unspecified atom stereocenters. The maximum absolute atomic E-state index is 12.5. The van der Waals surface area contributed by atoms with Crippen LogP contribution in [0.2, 0.25) is 5.02 Å². The predicted octanol–water partition coefficient (Wildman–Crippen LogP) is 5.31. The van der Waals surface area contributed by atoms with Gasteiger partial charge in [0, 0.05) is 14.8 Å². The number of sulfonamides is 1. The molecule has 0 aliphatic carbocycles. The number of rotatable bonds is 5. The van der Waals surface area contributed by atoms with Crippen molar-refractivity contribution in [3.63, 3.8) is 0 Å². The molecule has 3 rings (SSSR count). The molecule has 0 bridgehead atoms. The molecule has 0 heterocycles. The van der Waals surface area contributed by atoms with Crippen LogP contribution >= 0.6 is 34.2 Å². The monoisotopic (exact) mass is 526 g/mol. The molecule has 0 aromatic heterocycles. The van der Waals surface area contributed by atoms with Gasteiger partial charge in [-0.1, -0.05) is 29.8 Å². The Morgan fingerprint density at radius 2 is 1.64 bits per heavy atom. The highest BCUT2D eigenvalue weighted by Crippen LogP contribution is 2.26. The molecule has 5 nitrogen and oxygen atoms in total. The van der Waals surface area contributed by atoms with E-state index in [1.807, 2.05) is 25.1 Å². The lowest BCUT2D eigenvalue weighted by atomic mass is 10.1. The molecule has 28 heavy (non-hydrogen) atoms. The second-order valence-corrected chi connectivity index (χ2v) is 9.36. The molecule has 0 fully saturated rings. The van der Waals surface area contributed by atoms with Crippen molar-refractivity contribution in [1.82, 2.24) is 0 Å². The van der Waals surface area contributed by atoms with Gasteiger partial charge in [0.25, 0.3) is 15.9 Å². The van der Waals surface area contributed by atoms with E-state index >= 15 is 0 Å². The largest absolute Gasteiger partial charge is 0.322 e. The van der Waals surface area contributed by atoms with Gasteiger partial charge in [0.05, 0.1) is 15.6 Å². The number of hydrogen-bond donors (Lipinski definition) is 2. The van der Waals surface area contributed by atoms with E-state index in [0.29, 0.717) is 11.3 Å². The first kappa shape index (κ1) is 20.6. The first-order valence-corrected chi connectivity index (χ1v) is 11.2. The molecule has 0 saturated heterocycles. The molecule has 2 N–H and O–H groups in total. The average Bonchev–Trinajstić information content (AvgIpc) is 2.66. The minimum Gasteiger partial charge on any atom is -0.322 e. The molecule has 8 heteroatoms. The standard InChI is InChI=1S/C20H16ClIN2O3S/c1-13-11-15(22)8-10-18(13)23-20(25)14-7-9-19(17(21)12-14)24-28(26,27)16-5-3-2-4-6-16/h2-12,24H,1H3,(H,23,25).